The van der Waals surface area contributed by atoms with Crippen LogP contribution in [0.1, 0.15) is 18.5 Å². The first-order valence-corrected chi connectivity index (χ1v) is 9.65. The topological polar surface area (TPSA) is 55.2 Å². The summed E-state index contributed by atoms with van der Waals surface area (Å²) in [6.07, 6.45) is 4.79. The van der Waals surface area contributed by atoms with Crippen LogP contribution < -0.4 is 5.32 Å². The van der Waals surface area contributed by atoms with Crippen molar-refractivity contribution in [2.45, 2.75) is 26.3 Å². The summed E-state index contributed by atoms with van der Waals surface area (Å²) in [4.78, 5) is 8.26. The molecule has 0 unspecified atom stereocenters. The first-order chi connectivity index (χ1) is 11.8. The van der Waals surface area contributed by atoms with Gasteiger partial charge in [0.1, 0.15) is 5.69 Å². The predicted molar refractivity (Wildman–Crippen MR) is 96.5 cm³/mol. The maximum absolute atomic E-state index is 5.39. The monoisotopic (exact) mass is 347 g/mol. The van der Waals surface area contributed by atoms with Gasteiger partial charge in [0.05, 0.1) is 30.3 Å². The fourth-order valence-electron chi connectivity index (χ4n) is 2.94. The summed E-state index contributed by atoms with van der Waals surface area (Å²) in [5.74, 6) is 0.858. The molecule has 1 aliphatic heterocycles. The molecule has 0 radical (unpaired) electrons. The second-order valence-corrected chi connectivity index (χ2v) is 7.67. The van der Waals surface area contributed by atoms with Crippen LogP contribution >= 0.6 is 11.3 Å². The third kappa shape index (κ3) is 3.96. The van der Waals surface area contributed by atoms with Crippen molar-refractivity contribution in [3.63, 3.8) is 0 Å². The molecule has 130 valence electrons. The highest BCUT2D eigenvalue weighted by Crippen LogP contribution is 2.33. The van der Waals surface area contributed by atoms with Crippen LogP contribution in [-0.4, -0.2) is 59.1 Å². The highest BCUT2D eigenvalue weighted by molar-refractivity contribution is 7.19. The van der Waals surface area contributed by atoms with Crippen LogP contribution in [0.3, 0.4) is 0 Å². The Bertz CT molecular complexity index is 672. The normalized spacial score (nSPS) is 18.9. The van der Waals surface area contributed by atoms with Crippen molar-refractivity contribution >= 4 is 16.5 Å². The second-order valence-electron chi connectivity index (χ2n) is 6.68. The number of aromatic nitrogens is 3. The minimum atomic E-state index is 0.848. The number of aryl methyl sites for hydroxylation is 1. The van der Waals surface area contributed by atoms with Crippen LogP contribution in [0.4, 0.5) is 5.13 Å². The van der Waals surface area contributed by atoms with Crippen molar-refractivity contribution < 1.29 is 4.74 Å². The Hall–Kier alpha value is -1.44. The van der Waals surface area contributed by atoms with Crippen molar-refractivity contribution in [3.05, 3.63) is 18.0 Å². The summed E-state index contributed by atoms with van der Waals surface area (Å²) in [7, 11) is 0. The minimum absolute atomic E-state index is 0.848. The number of hydrogen-bond donors (Lipinski definition) is 1. The van der Waals surface area contributed by atoms with Crippen molar-refractivity contribution in [2.75, 3.05) is 44.7 Å². The lowest BCUT2D eigenvalue weighted by molar-refractivity contribution is 0.0360. The lowest BCUT2D eigenvalue weighted by atomic mass is 10.3. The molecule has 24 heavy (non-hydrogen) atoms. The average molecular weight is 347 g/mol. The molecule has 1 saturated carbocycles. The van der Waals surface area contributed by atoms with Gasteiger partial charge in [-0.2, -0.15) is 5.10 Å². The van der Waals surface area contributed by atoms with E-state index in [1.54, 1.807) is 11.3 Å². The molecule has 7 heteroatoms. The molecule has 6 nitrogen and oxygen atoms in total. The molecule has 4 rings (SSSR count). The molecule has 1 N–H and O–H groups in total. The van der Waals surface area contributed by atoms with Crippen molar-refractivity contribution in [1.82, 2.24) is 19.7 Å². The number of nitrogens with zero attached hydrogens (tertiary/aromatic N) is 4. The minimum Gasteiger partial charge on any atom is -0.379 e. The Morgan fingerprint density at radius 1 is 1.29 bits per heavy atom. The smallest absolute Gasteiger partial charge is 0.183 e. The van der Waals surface area contributed by atoms with Gasteiger partial charge in [-0.25, -0.2) is 4.98 Å². The second kappa shape index (κ2) is 7.21. The molecule has 2 aliphatic rings. The van der Waals surface area contributed by atoms with Gasteiger partial charge in [-0.05, 0) is 31.7 Å². The molecule has 3 heterocycles. The van der Waals surface area contributed by atoms with Gasteiger partial charge in [-0.3, -0.25) is 9.58 Å². The van der Waals surface area contributed by atoms with Crippen LogP contribution in [0, 0.1) is 12.8 Å². The fraction of sp³-hybridized carbons (Fsp3) is 0.647. The van der Waals surface area contributed by atoms with Crippen LogP contribution in [0.25, 0.3) is 10.6 Å². The first kappa shape index (κ1) is 16.1. The van der Waals surface area contributed by atoms with Gasteiger partial charge >= 0.3 is 0 Å². The Morgan fingerprint density at radius 2 is 2.12 bits per heavy atom. The van der Waals surface area contributed by atoms with Gasteiger partial charge in [0.2, 0.25) is 0 Å². The molecule has 2 fully saturated rings. The van der Waals surface area contributed by atoms with Crippen molar-refractivity contribution in [3.8, 4) is 10.6 Å². The van der Waals surface area contributed by atoms with E-state index < -0.39 is 0 Å². The van der Waals surface area contributed by atoms with Crippen LogP contribution in [-0.2, 0) is 11.3 Å². The summed E-state index contributed by atoms with van der Waals surface area (Å²) in [6.45, 7) is 8.82. The lowest BCUT2D eigenvalue weighted by Crippen LogP contribution is -2.38. The van der Waals surface area contributed by atoms with E-state index in [2.05, 4.69) is 34.4 Å². The molecule has 2 aromatic rings. The number of morpholine rings is 1. The molecular formula is C17H25N5OS. The van der Waals surface area contributed by atoms with Crippen molar-refractivity contribution in [1.29, 1.82) is 0 Å². The molecule has 0 aromatic carbocycles. The standard InChI is InChI=1S/C17H25N5OS/c1-13-16(24-17(19-13)18-12-14-2-3-14)15-4-5-22(20-15)7-6-21-8-10-23-11-9-21/h4-5,14H,2-3,6-12H2,1H3,(H,18,19). The third-order valence-corrected chi connectivity index (χ3v) is 5.80. The molecule has 0 atom stereocenters. The highest BCUT2D eigenvalue weighted by atomic mass is 32.1. The summed E-state index contributed by atoms with van der Waals surface area (Å²) < 4.78 is 7.43. The number of nitrogens with one attached hydrogen (secondary N) is 1. The molecule has 0 spiro atoms. The van der Waals surface area contributed by atoms with E-state index >= 15 is 0 Å². The zero-order chi connectivity index (χ0) is 16.4. The number of ether oxygens (including phenoxy) is 1. The zero-order valence-corrected chi connectivity index (χ0v) is 15.0. The van der Waals surface area contributed by atoms with Gasteiger partial charge < -0.3 is 10.1 Å². The molecule has 2 aromatic heterocycles. The molecule has 0 amide bonds. The number of anilines is 1. The van der Waals surface area contributed by atoms with Crippen molar-refractivity contribution in [2.24, 2.45) is 5.92 Å². The first-order valence-electron chi connectivity index (χ1n) is 8.83. The van der Waals surface area contributed by atoms with E-state index in [0.29, 0.717) is 0 Å². The van der Waals surface area contributed by atoms with E-state index in [0.717, 1.165) is 68.4 Å². The maximum Gasteiger partial charge on any atom is 0.183 e. The lowest BCUT2D eigenvalue weighted by Gasteiger charge is -2.26. The van der Waals surface area contributed by atoms with E-state index in [9.17, 15) is 0 Å². The van der Waals surface area contributed by atoms with E-state index in [-0.39, 0.29) is 0 Å². The molecule has 1 aliphatic carbocycles. The molecular weight excluding hydrogens is 322 g/mol. The maximum atomic E-state index is 5.39. The fourth-order valence-corrected chi connectivity index (χ4v) is 3.88. The van der Waals surface area contributed by atoms with Crippen LogP contribution in [0.15, 0.2) is 12.3 Å². The van der Waals surface area contributed by atoms with E-state index in [1.165, 1.54) is 17.7 Å². The summed E-state index contributed by atoms with van der Waals surface area (Å²) in [5, 5.41) is 9.24. The SMILES string of the molecule is Cc1nc(NCC2CC2)sc1-c1ccn(CCN2CCOCC2)n1. The quantitative estimate of drug-likeness (QED) is 0.834. The zero-order valence-electron chi connectivity index (χ0n) is 14.2. The molecule has 1 saturated heterocycles. The summed E-state index contributed by atoms with van der Waals surface area (Å²) in [5.41, 5.74) is 2.10. The predicted octanol–water partition coefficient (Wildman–Crippen LogP) is 2.47. The third-order valence-electron chi connectivity index (χ3n) is 4.66. The van der Waals surface area contributed by atoms with E-state index in [4.69, 9.17) is 9.84 Å². The average Bonchev–Trinajstić information content (AvgIpc) is 3.19. The number of thiazole rings is 1. The highest BCUT2D eigenvalue weighted by Gasteiger charge is 2.21. The number of hydrogen-bond acceptors (Lipinski definition) is 6. The van der Waals surface area contributed by atoms with Gasteiger partial charge in [0, 0.05) is 32.4 Å². The van der Waals surface area contributed by atoms with E-state index in [1.807, 2.05) is 4.68 Å². The number of rotatable bonds is 7. The Balaban J connectivity index is 1.36. The largest absolute Gasteiger partial charge is 0.379 e. The van der Waals surface area contributed by atoms with Gasteiger partial charge in [0.25, 0.3) is 0 Å². The van der Waals surface area contributed by atoms with Gasteiger partial charge in [0.15, 0.2) is 5.13 Å². The Morgan fingerprint density at radius 3 is 2.92 bits per heavy atom. The Labute approximate surface area is 146 Å². The molecule has 0 bridgehead atoms. The van der Waals surface area contributed by atoms with Crippen LogP contribution in [0.2, 0.25) is 0 Å². The summed E-state index contributed by atoms with van der Waals surface area (Å²) >= 11 is 1.72. The summed E-state index contributed by atoms with van der Waals surface area (Å²) in [6, 6.07) is 2.10. The van der Waals surface area contributed by atoms with Crippen LogP contribution in [0.5, 0.6) is 0 Å². The van der Waals surface area contributed by atoms with Gasteiger partial charge in [-0.1, -0.05) is 11.3 Å². The van der Waals surface area contributed by atoms with Gasteiger partial charge in [-0.15, -0.1) is 0 Å². The Kier molecular flexibility index (Phi) is 4.82.